The summed E-state index contributed by atoms with van der Waals surface area (Å²) >= 11 is 5.98. The predicted octanol–water partition coefficient (Wildman–Crippen LogP) is 3.45. The van der Waals surface area contributed by atoms with Crippen LogP contribution in [0.3, 0.4) is 0 Å². The van der Waals surface area contributed by atoms with Crippen molar-refractivity contribution in [1.82, 2.24) is 14.7 Å². The van der Waals surface area contributed by atoms with E-state index in [1.54, 1.807) is 11.9 Å². The summed E-state index contributed by atoms with van der Waals surface area (Å²) in [5.41, 5.74) is 1.53. The molecule has 2 aromatic rings. The molecule has 0 atom stereocenters. The Labute approximate surface area is 163 Å². The Hall–Kier alpha value is -2.54. The number of aryl methyl sites for hydroxylation is 1. The molecular weight excluding hydrogens is 368 g/mol. The summed E-state index contributed by atoms with van der Waals surface area (Å²) in [7, 11) is 2.93. The number of aromatic nitrogens is 2. The number of nitrogens with zero attached hydrogens (tertiary/aromatic N) is 3. The minimum absolute atomic E-state index is 0.0183. The number of amides is 2. The second-order valence-corrected chi connectivity index (χ2v) is 7.45. The predicted molar refractivity (Wildman–Crippen MR) is 103 cm³/mol. The molecule has 0 aliphatic carbocycles. The number of carbonyl (C=O) groups is 2. The van der Waals surface area contributed by atoms with Gasteiger partial charge in [0.25, 0.3) is 0 Å². The molecule has 2 heterocycles. The van der Waals surface area contributed by atoms with E-state index in [2.05, 4.69) is 29.5 Å². The molecule has 7 nitrogen and oxygen atoms in total. The first kappa shape index (κ1) is 19.2. The van der Waals surface area contributed by atoms with E-state index in [1.807, 2.05) is 12.1 Å². The summed E-state index contributed by atoms with van der Waals surface area (Å²) in [5, 5.41) is 7.62. The molecule has 1 fully saturated rings. The highest BCUT2D eigenvalue weighted by molar-refractivity contribution is 6.30. The molecule has 144 valence electrons. The number of benzene rings is 1. The molecule has 0 radical (unpaired) electrons. The number of hydrogen-bond donors (Lipinski definition) is 1. The van der Waals surface area contributed by atoms with E-state index in [-0.39, 0.29) is 17.1 Å². The molecule has 1 aliphatic rings. The average molecular weight is 391 g/mol. The van der Waals surface area contributed by atoms with Gasteiger partial charge in [-0.05, 0) is 36.0 Å². The van der Waals surface area contributed by atoms with Gasteiger partial charge in [0.05, 0.1) is 7.11 Å². The molecule has 27 heavy (non-hydrogen) atoms. The van der Waals surface area contributed by atoms with Crippen molar-refractivity contribution in [2.24, 2.45) is 7.05 Å². The smallest absolute Gasteiger partial charge is 0.356 e. The van der Waals surface area contributed by atoms with Crippen molar-refractivity contribution in [2.75, 3.05) is 25.5 Å². The molecule has 1 aromatic heterocycles. The van der Waals surface area contributed by atoms with Crippen LogP contribution in [0.1, 0.15) is 35.8 Å². The lowest BCUT2D eigenvalue weighted by atomic mass is 9.74. The molecule has 2 amide bonds. The van der Waals surface area contributed by atoms with Crippen LogP contribution in [0, 0.1) is 0 Å². The summed E-state index contributed by atoms with van der Waals surface area (Å²) in [4.78, 5) is 26.0. The van der Waals surface area contributed by atoms with Crippen LogP contribution in [0.5, 0.6) is 0 Å². The number of piperidine rings is 1. The number of likely N-dealkylation sites (tertiary alicyclic amines) is 1. The first-order chi connectivity index (χ1) is 12.8. The number of esters is 1. The Bertz CT molecular complexity index is 839. The molecule has 0 bridgehead atoms. The van der Waals surface area contributed by atoms with Crippen LogP contribution in [-0.2, 0) is 17.2 Å². The monoisotopic (exact) mass is 390 g/mol. The van der Waals surface area contributed by atoms with E-state index in [0.717, 1.165) is 17.9 Å². The molecule has 1 N–H and O–H groups in total. The molecule has 1 saturated heterocycles. The van der Waals surface area contributed by atoms with Gasteiger partial charge in [-0.25, -0.2) is 9.59 Å². The number of carbonyl (C=O) groups excluding carboxylic acids is 2. The second-order valence-electron chi connectivity index (χ2n) is 7.01. The lowest BCUT2D eigenvalue weighted by molar-refractivity contribution is 0.0588. The third-order valence-corrected chi connectivity index (χ3v) is 5.46. The summed E-state index contributed by atoms with van der Waals surface area (Å²) < 4.78 is 6.08. The van der Waals surface area contributed by atoms with Crippen molar-refractivity contribution in [3.05, 3.63) is 46.6 Å². The topological polar surface area (TPSA) is 76.5 Å². The highest BCUT2D eigenvalue weighted by Gasteiger charge is 2.33. The van der Waals surface area contributed by atoms with Crippen LogP contribution in [0.4, 0.5) is 10.6 Å². The van der Waals surface area contributed by atoms with Crippen molar-refractivity contribution in [3.8, 4) is 0 Å². The van der Waals surface area contributed by atoms with Gasteiger partial charge in [0.15, 0.2) is 5.82 Å². The molecule has 3 rings (SSSR count). The number of anilines is 1. The molecule has 1 aliphatic heterocycles. The van der Waals surface area contributed by atoms with Gasteiger partial charge in [0.1, 0.15) is 5.69 Å². The van der Waals surface area contributed by atoms with Crippen LogP contribution in [0.2, 0.25) is 5.02 Å². The minimum atomic E-state index is -0.498. The number of nitrogens with one attached hydrogen (secondary N) is 1. The van der Waals surface area contributed by atoms with Crippen molar-refractivity contribution < 1.29 is 14.3 Å². The Balaban J connectivity index is 1.62. The zero-order valence-corrected chi connectivity index (χ0v) is 16.4. The van der Waals surface area contributed by atoms with Crippen LogP contribution in [0.15, 0.2) is 30.3 Å². The first-order valence-corrected chi connectivity index (χ1v) is 9.14. The maximum Gasteiger partial charge on any atom is 0.356 e. The van der Waals surface area contributed by atoms with Crippen molar-refractivity contribution in [3.63, 3.8) is 0 Å². The van der Waals surface area contributed by atoms with Crippen LogP contribution in [0.25, 0.3) is 0 Å². The SMILES string of the molecule is COC(=O)c1cc(NC(=O)N2CCC(C)(c3ccc(Cl)cc3)CC2)nn1C. The standard InChI is InChI=1S/C19H23ClN4O3/c1-19(13-4-6-14(20)7-5-13)8-10-24(11-9-19)18(26)21-16-12-15(17(25)27-3)23(2)22-16/h4-7,12H,8-11H2,1-3H3,(H,21,22,26). The quantitative estimate of drug-likeness (QED) is 0.814. The summed E-state index contributed by atoms with van der Waals surface area (Å²) in [6, 6.07) is 9.21. The van der Waals surface area contributed by atoms with Crippen LogP contribution in [-0.4, -0.2) is 46.9 Å². The van der Waals surface area contributed by atoms with Crippen molar-refractivity contribution in [2.45, 2.75) is 25.2 Å². The largest absolute Gasteiger partial charge is 0.464 e. The molecule has 1 aromatic carbocycles. The van der Waals surface area contributed by atoms with Gasteiger partial charge < -0.3 is 9.64 Å². The Morgan fingerprint density at radius 1 is 1.22 bits per heavy atom. The van der Waals surface area contributed by atoms with Gasteiger partial charge in [-0.1, -0.05) is 30.7 Å². The van der Waals surface area contributed by atoms with Gasteiger partial charge in [0, 0.05) is 31.2 Å². The van der Waals surface area contributed by atoms with Crippen molar-refractivity contribution in [1.29, 1.82) is 0 Å². The summed E-state index contributed by atoms with van der Waals surface area (Å²) in [5.74, 6) is -0.170. The summed E-state index contributed by atoms with van der Waals surface area (Å²) in [6.07, 6.45) is 1.72. The molecular formula is C19H23ClN4O3. The zero-order chi connectivity index (χ0) is 19.6. The fraction of sp³-hybridized carbons (Fsp3) is 0.421. The van der Waals surface area contributed by atoms with Gasteiger partial charge >= 0.3 is 12.0 Å². The molecule has 0 saturated carbocycles. The highest BCUT2D eigenvalue weighted by Crippen LogP contribution is 2.35. The lowest BCUT2D eigenvalue weighted by Gasteiger charge is -2.39. The highest BCUT2D eigenvalue weighted by atomic mass is 35.5. The average Bonchev–Trinajstić information content (AvgIpc) is 3.02. The number of ether oxygens (including phenoxy) is 1. The van der Waals surface area contributed by atoms with Gasteiger partial charge in [-0.15, -0.1) is 0 Å². The van der Waals surface area contributed by atoms with Crippen LogP contribution >= 0.6 is 11.6 Å². The zero-order valence-electron chi connectivity index (χ0n) is 15.7. The number of methoxy groups -OCH3 is 1. The summed E-state index contributed by atoms with van der Waals surface area (Å²) in [6.45, 7) is 3.50. The second kappa shape index (κ2) is 7.60. The van der Waals surface area contributed by atoms with E-state index >= 15 is 0 Å². The maximum atomic E-state index is 12.6. The minimum Gasteiger partial charge on any atom is -0.464 e. The van der Waals surface area contributed by atoms with E-state index in [1.165, 1.54) is 23.4 Å². The van der Waals surface area contributed by atoms with Gasteiger partial charge in [0.2, 0.25) is 0 Å². The third-order valence-electron chi connectivity index (χ3n) is 5.20. The van der Waals surface area contributed by atoms with Gasteiger partial charge in [-0.3, -0.25) is 10.00 Å². The number of halogens is 1. The Morgan fingerprint density at radius 2 is 1.85 bits per heavy atom. The first-order valence-electron chi connectivity index (χ1n) is 8.77. The van der Waals surface area contributed by atoms with Gasteiger partial charge in [-0.2, -0.15) is 5.10 Å². The number of rotatable bonds is 3. The third kappa shape index (κ3) is 4.08. The van der Waals surface area contributed by atoms with Crippen molar-refractivity contribution >= 4 is 29.4 Å². The number of hydrogen-bond acceptors (Lipinski definition) is 4. The van der Waals surface area contributed by atoms with E-state index in [4.69, 9.17) is 16.3 Å². The number of urea groups is 1. The lowest BCUT2D eigenvalue weighted by Crippen LogP contribution is -2.45. The molecule has 8 heteroatoms. The van der Waals surface area contributed by atoms with E-state index in [9.17, 15) is 9.59 Å². The Morgan fingerprint density at radius 3 is 2.44 bits per heavy atom. The normalized spacial score (nSPS) is 16.1. The fourth-order valence-electron chi connectivity index (χ4n) is 3.36. The maximum absolute atomic E-state index is 12.6. The van der Waals surface area contributed by atoms with E-state index in [0.29, 0.717) is 18.9 Å². The molecule has 0 unspecified atom stereocenters. The van der Waals surface area contributed by atoms with E-state index < -0.39 is 5.97 Å². The fourth-order valence-corrected chi connectivity index (χ4v) is 3.48. The van der Waals surface area contributed by atoms with Crippen LogP contribution < -0.4 is 5.32 Å². The Kier molecular flexibility index (Phi) is 5.41. The molecule has 0 spiro atoms.